The Bertz CT molecular complexity index is 429. The number of rotatable bonds is 5. The fraction of sp³-hybridized carbons (Fsp3) is 0.462. The van der Waals surface area contributed by atoms with Gasteiger partial charge < -0.3 is 11.1 Å². The van der Waals surface area contributed by atoms with E-state index >= 15 is 0 Å². The molecule has 2 rings (SSSR count). The summed E-state index contributed by atoms with van der Waals surface area (Å²) < 4.78 is 0. The molecule has 1 saturated carbocycles. The number of benzene rings is 1. The van der Waals surface area contributed by atoms with Crippen molar-refractivity contribution in [2.24, 2.45) is 17.6 Å². The fourth-order valence-electron chi connectivity index (χ4n) is 2.02. The van der Waals surface area contributed by atoms with Crippen molar-refractivity contribution in [1.82, 2.24) is 0 Å². The molecule has 0 saturated heterocycles. The zero-order valence-electron chi connectivity index (χ0n) is 9.87. The van der Waals surface area contributed by atoms with E-state index < -0.39 is 0 Å². The van der Waals surface area contributed by atoms with Crippen LogP contribution in [0.5, 0.6) is 0 Å². The minimum absolute atomic E-state index is 0.345. The highest BCUT2D eigenvalue weighted by Gasteiger charge is 2.27. The number of nitrogens with two attached hydrogens (primary N) is 1. The lowest BCUT2D eigenvalue weighted by atomic mass is 10.1. The molecule has 0 amide bonds. The van der Waals surface area contributed by atoms with E-state index in [0.717, 1.165) is 23.7 Å². The largest absolute Gasteiger partial charge is 0.389 e. The summed E-state index contributed by atoms with van der Waals surface area (Å²) in [6, 6.07) is 5.69. The van der Waals surface area contributed by atoms with Crippen molar-refractivity contribution in [2.75, 3.05) is 11.9 Å². The van der Waals surface area contributed by atoms with Gasteiger partial charge in [0.05, 0.1) is 10.6 Å². The molecule has 0 radical (unpaired) electrons. The Hall–Kier alpha value is -0.800. The second-order valence-corrected chi connectivity index (χ2v) is 5.57. The maximum atomic E-state index is 6.11. The monoisotopic (exact) mass is 268 g/mol. The molecular weight excluding hydrogens is 252 g/mol. The standard InChI is InChI=1S/C13H17ClN2S/c1-8(9-5-6-9)7-16-11-4-2-3-10(14)12(11)13(15)17/h2-4,8-9,16H,5-7H2,1H3,(H2,15,17). The summed E-state index contributed by atoms with van der Waals surface area (Å²) in [6.07, 6.45) is 2.72. The van der Waals surface area contributed by atoms with Crippen molar-refractivity contribution in [3.63, 3.8) is 0 Å². The van der Waals surface area contributed by atoms with Crippen molar-refractivity contribution >= 4 is 34.5 Å². The van der Waals surface area contributed by atoms with Gasteiger partial charge in [-0.2, -0.15) is 0 Å². The maximum absolute atomic E-state index is 6.11. The second-order valence-electron chi connectivity index (χ2n) is 4.72. The Morgan fingerprint density at radius 1 is 1.59 bits per heavy atom. The van der Waals surface area contributed by atoms with Gasteiger partial charge in [0.15, 0.2) is 0 Å². The number of hydrogen-bond acceptors (Lipinski definition) is 2. The normalized spacial score (nSPS) is 16.6. The molecule has 0 aliphatic heterocycles. The molecular formula is C13H17ClN2S. The first-order valence-electron chi connectivity index (χ1n) is 5.91. The van der Waals surface area contributed by atoms with Crippen LogP contribution in [0.4, 0.5) is 5.69 Å². The van der Waals surface area contributed by atoms with Crippen LogP contribution in [0.2, 0.25) is 5.02 Å². The number of thiocarbonyl (C=S) groups is 1. The summed E-state index contributed by atoms with van der Waals surface area (Å²) in [6.45, 7) is 3.22. The van der Waals surface area contributed by atoms with Crippen LogP contribution in [0.15, 0.2) is 18.2 Å². The first kappa shape index (κ1) is 12.7. The Morgan fingerprint density at radius 2 is 2.29 bits per heavy atom. The molecule has 3 N–H and O–H groups in total. The molecule has 4 heteroatoms. The summed E-state index contributed by atoms with van der Waals surface area (Å²) in [5.41, 5.74) is 7.40. The average molecular weight is 269 g/mol. The van der Waals surface area contributed by atoms with E-state index in [1.54, 1.807) is 0 Å². The van der Waals surface area contributed by atoms with E-state index in [0.29, 0.717) is 15.9 Å². The van der Waals surface area contributed by atoms with Crippen LogP contribution >= 0.6 is 23.8 Å². The van der Waals surface area contributed by atoms with Gasteiger partial charge in [-0.1, -0.05) is 36.8 Å². The fourth-order valence-corrected chi connectivity index (χ4v) is 2.58. The van der Waals surface area contributed by atoms with Crippen molar-refractivity contribution < 1.29 is 0 Å². The van der Waals surface area contributed by atoms with Crippen LogP contribution in [-0.4, -0.2) is 11.5 Å². The van der Waals surface area contributed by atoms with Gasteiger partial charge in [-0.3, -0.25) is 0 Å². The Labute approximate surface area is 113 Å². The van der Waals surface area contributed by atoms with E-state index in [1.165, 1.54) is 12.8 Å². The number of anilines is 1. The van der Waals surface area contributed by atoms with Gasteiger partial charge in [0.25, 0.3) is 0 Å². The van der Waals surface area contributed by atoms with Crippen LogP contribution in [0, 0.1) is 11.8 Å². The Morgan fingerprint density at radius 3 is 2.88 bits per heavy atom. The van der Waals surface area contributed by atoms with Gasteiger partial charge in [-0.25, -0.2) is 0 Å². The third-order valence-electron chi connectivity index (χ3n) is 3.30. The second kappa shape index (κ2) is 5.23. The molecule has 1 fully saturated rings. The van der Waals surface area contributed by atoms with Gasteiger partial charge in [-0.05, 0) is 36.8 Å². The van der Waals surface area contributed by atoms with Gasteiger partial charge in [0, 0.05) is 12.2 Å². The predicted molar refractivity (Wildman–Crippen MR) is 77.7 cm³/mol. The number of halogens is 1. The summed E-state index contributed by atoms with van der Waals surface area (Å²) in [7, 11) is 0. The third-order valence-corrected chi connectivity index (χ3v) is 3.82. The summed E-state index contributed by atoms with van der Waals surface area (Å²) in [5.74, 6) is 1.57. The van der Waals surface area contributed by atoms with Crippen molar-refractivity contribution in [1.29, 1.82) is 0 Å². The molecule has 1 aromatic carbocycles. The van der Waals surface area contributed by atoms with Crippen molar-refractivity contribution in [2.45, 2.75) is 19.8 Å². The predicted octanol–water partition coefficient (Wildman–Crippen LogP) is 3.43. The highest BCUT2D eigenvalue weighted by Crippen LogP contribution is 2.36. The van der Waals surface area contributed by atoms with E-state index in [4.69, 9.17) is 29.6 Å². The lowest BCUT2D eigenvalue weighted by Crippen LogP contribution is -2.17. The molecule has 0 spiro atoms. The van der Waals surface area contributed by atoms with E-state index in [-0.39, 0.29) is 0 Å². The number of nitrogens with one attached hydrogen (secondary N) is 1. The van der Waals surface area contributed by atoms with Crippen LogP contribution in [0.3, 0.4) is 0 Å². The first-order chi connectivity index (χ1) is 8.09. The minimum Gasteiger partial charge on any atom is -0.389 e. The van der Waals surface area contributed by atoms with Crippen molar-refractivity contribution in [3.8, 4) is 0 Å². The molecule has 0 bridgehead atoms. The quantitative estimate of drug-likeness (QED) is 0.804. The summed E-state index contributed by atoms with van der Waals surface area (Å²) in [4.78, 5) is 0.345. The molecule has 1 aliphatic rings. The van der Waals surface area contributed by atoms with Crippen LogP contribution in [-0.2, 0) is 0 Å². The highest BCUT2D eigenvalue weighted by molar-refractivity contribution is 7.80. The molecule has 1 atom stereocenters. The van der Waals surface area contributed by atoms with E-state index in [9.17, 15) is 0 Å². The molecule has 92 valence electrons. The van der Waals surface area contributed by atoms with Crippen LogP contribution < -0.4 is 11.1 Å². The van der Waals surface area contributed by atoms with Crippen LogP contribution in [0.25, 0.3) is 0 Å². The third kappa shape index (κ3) is 3.11. The molecule has 1 aromatic rings. The van der Waals surface area contributed by atoms with Crippen molar-refractivity contribution in [3.05, 3.63) is 28.8 Å². The van der Waals surface area contributed by atoms with Gasteiger partial charge in [0.1, 0.15) is 4.99 Å². The molecule has 17 heavy (non-hydrogen) atoms. The minimum atomic E-state index is 0.345. The molecule has 0 heterocycles. The summed E-state index contributed by atoms with van der Waals surface area (Å²) >= 11 is 11.1. The van der Waals surface area contributed by atoms with E-state index in [2.05, 4.69) is 12.2 Å². The maximum Gasteiger partial charge on any atom is 0.107 e. The summed E-state index contributed by atoms with van der Waals surface area (Å²) in [5, 5.41) is 4.02. The van der Waals surface area contributed by atoms with Gasteiger partial charge in [0.2, 0.25) is 0 Å². The molecule has 1 aliphatic carbocycles. The zero-order valence-corrected chi connectivity index (χ0v) is 11.4. The lowest BCUT2D eigenvalue weighted by Gasteiger charge is -2.16. The smallest absolute Gasteiger partial charge is 0.107 e. The Balaban J connectivity index is 2.08. The van der Waals surface area contributed by atoms with Gasteiger partial charge in [-0.15, -0.1) is 0 Å². The average Bonchev–Trinajstić information content (AvgIpc) is 3.08. The molecule has 2 nitrogen and oxygen atoms in total. The Kier molecular flexibility index (Phi) is 3.89. The highest BCUT2D eigenvalue weighted by atomic mass is 35.5. The first-order valence-corrected chi connectivity index (χ1v) is 6.70. The number of hydrogen-bond donors (Lipinski definition) is 2. The topological polar surface area (TPSA) is 38.0 Å². The molecule has 0 aromatic heterocycles. The SMILES string of the molecule is CC(CNc1cccc(Cl)c1C(N)=S)C1CC1. The van der Waals surface area contributed by atoms with Crippen LogP contribution in [0.1, 0.15) is 25.3 Å². The molecule has 1 unspecified atom stereocenters. The van der Waals surface area contributed by atoms with Gasteiger partial charge >= 0.3 is 0 Å². The lowest BCUT2D eigenvalue weighted by molar-refractivity contribution is 0.536. The zero-order chi connectivity index (χ0) is 12.4. The van der Waals surface area contributed by atoms with E-state index in [1.807, 2.05) is 18.2 Å².